The smallest absolute Gasteiger partial charge is 0.404 e. The fourth-order valence-electron chi connectivity index (χ4n) is 2.23. The molecule has 0 bridgehead atoms. The maximum Gasteiger partial charge on any atom is 0.530 e. The lowest BCUT2D eigenvalue weighted by Crippen LogP contribution is -2.14. The minimum Gasteiger partial charge on any atom is -0.404 e. The molecule has 0 aromatic heterocycles. The fourth-order valence-corrected chi connectivity index (χ4v) is 4.41. The second-order valence-electron chi connectivity index (χ2n) is 4.93. The highest BCUT2D eigenvalue weighted by molar-refractivity contribution is 9.09. The number of alkyl halides is 1. The minimum absolute atomic E-state index is 0.00472. The molecular weight excluding hydrogens is 368 g/mol. The Morgan fingerprint density at radius 1 is 1.05 bits per heavy atom. The normalized spacial score (nSPS) is 28.8. The molecule has 1 heterocycles. The van der Waals surface area contributed by atoms with E-state index < -0.39 is 13.9 Å². The molecule has 6 heteroatoms. The Kier molecular flexibility index (Phi) is 4.99. The van der Waals surface area contributed by atoms with Crippen molar-refractivity contribution in [3.63, 3.8) is 0 Å². The van der Waals surface area contributed by atoms with Gasteiger partial charge in [0.25, 0.3) is 0 Å². The first-order chi connectivity index (χ1) is 10.7. The van der Waals surface area contributed by atoms with Crippen molar-refractivity contribution in [3.8, 4) is 5.75 Å². The van der Waals surface area contributed by atoms with Crippen molar-refractivity contribution < 1.29 is 18.1 Å². The molecule has 2 aromatic rings. The summed E-state index contributed by atoms with van der Waals surface area (Å²) in [5.41, 5.74) is 0.937. The van der Waals surface area contributed by atoms with Gasteiger partial charge in [-0.05, 0) is 24.1 Å². The number of rotatable bonds is 3. The van der Waals surface area contributed by atoms with Crippen molar-refractivity contribution in [3.05, 3.63) is 66.2 Å². The predicted octanol–water partition coefficient (Wildman–Crippen LogP) is 5.12. The van der Waals surface area contributed by atoms with E-state index in [-0.39, 0.29) is 4.83 Å². The Morgan fingerprint density at radius 2 is 1.68 bits per heavy atom. The maximum absolute atomic E-state index is 12.9. The number of para-hydroxylation sites is 1. The van der Waals surface area contributed by atoms with Gasteiger partial charge in [-0.2, -0.15) is 0 Å². The van der Waals surface area contributed by atoms with E-state index in [2.05, 4.69) is 15.9 Å². The van der Waals surface area contributed by atoms with Gasteiger partial charge in [-0.15, -0.1) is 0 Å². The lowest BCUT2D eigenvalue weighted by molar-refractivity contribution is 0.137. The van der Waals surface area contributed by atoms with E-state index in [0.29, 0.717) is 18.8 Å². The largest absolute Gasteiger partial charge is 0.530 e. The third kappa shape index (κ3) is 3.79. The molecule has 3 atom stereocenters. The van der Waals surface area contributed by atoms with Crippen molar-refractivity contribution in [2.24, 2.45) is 0 Å². The molecule has 0 radical (unpaired) electrons. The highest BCUT2D eigenvalue weighted by Crippen LogP contribution is 2.56. The Hall–Kier alpha value is -1.13. The predicted molar refractivity (Wildman–Crippen MR) is 88.2 cm³/mol. The summed E-state index contributed by atoms with van der Waals surface area (Å²) in [5, 5.41) is 0. The first kappa shape index (κ1) is 15.8. The molecule has 0 N–H and O–H groups in total. The summed E-state index contributed by atoms with van der Waals surface area (Å²) in [4.78, 5) is 0.00472. The molecule has 2 aromatic carbocycles. The molecule has 1 saturated heterocycles. The number of hydrogen-bond donors (Lipinski definition) is 0. The third-order valence-corrected chi connectivity index (χ3v) is 5.66. The van der Waals surface area contributed by atoms with E-state index in [1.54, 1.807) is 24.3 Å². The van der Waals surface area contributed by atoms with E-state index in [1.807, 2.05) is 36.4 Å². The molecule has 116 valence electrons. The molecule has 0 spiro atoms. The molecule has 22 heavy (non-hydrogen) atoms. The van der Waals surface area contributed by atoms with Crippen LogP contribution in [0.3, 0.4) is 0 Å². The number of halogens is 1. The van der Waals surface area contributed by atoms with Gasteiger partial charge in [0.1, 0.15) is 11.9 Å². The first-order valence-electron chi connectivity index (χ1n) is 7.03. The van der Waals surface area contributed by atoms with Crippen molar-refractivity contribution in [2.75, 3.05) is 6.61 Å². The molecule has 1 aliphatic heterocycles. The van der Waals surface area contributed by atoms with Gasteiger partial charge in [-0.1, -0.05) is 64.5 Å². The summed E-state index contributed by atoms with van der Waals surface area (Å²) in [6.45, 7) is 0.309. The van der Waals surface area contributed by atoms with Crippen LogP contribution < -0.4 is 4.52 Å². The van der Waals surface area contributed by atoms with E-state index >= 15 is 0 Å². The topological polar surface area (TPSA) is 44.8 Å². The van der Waals surface area contributed by atoms with Crippen LogP contribution in [0.5, 0.6) is 5.75 Å². The van der Waals surface area contributed by atoms with E-state index in [4.69, 9.17) is 13.6 Å². The molecule has 3 rings (SSSR count). The van der Waals surface area contributed by atoms with E-state index in [0.717, 1.165) is 5.56 Å². The Bertz CT molecular complexity index is 650. The fraction of sp³-hybridized carbons (Fsp3) is 0.250. The van der Waals surface area contributed by atoms with Gasteiger partial charge in [-0.3, -0.25) is 9.05 Å². The van der Waals surface area contributed by atoms with Gasteiger partial charge in [-0.25, -0.2) is 4.57 Å². The monoisotopic (exact) mass is 383 g/mol. The zero-order valence-corrected chi connectivity index (χ0v) is 14.3. The van der Waals surface area contributed by atoms with Crippen LogP contribution in [-0.2, 0) is 13.6 Å². The van der Waals surface area contributed by atoms with Crippen molar-refractivity contribution >= 4 is 23.8 Å². The summed E-state index contributed by atoms with van der Waals surface area (Å²) < 4.78 is 29.5. The molecule has 0 amide bonds. The summed E-state index contributed by atoms with van der Waals surface area (Å²) in [7, 11) is -3.67. The average Bonchev–Trinajstić information content (AvgIpc) is 2.68. The van der Waals surface area contributed by atoms with Crippen LogP contribution in [0.25, 0.3) is 0 Å². The number of hydrogen-bond acceptors (Lipinski definition) is 4. The molecule has 0 aliphatic carbocycles. The number of phosphoric ester groups is 1. The van der Waals surface area contributed by atoms with Crippen LogP contribution in [-0.4, -0.2) is 11.4 Å². The van der Waals surface area contributed by atoms with Gasteiger partial charge in [0.05, 0.1) is 6.61 Å². The van der Waals surface area contributed by atoms with Gasteiger partial charge in [0.15, 0.2) is 0 Å². The third-order valence-electron chi connectivity index (χ3n) is 3.30. The van der Waals surface area contributed by atoms with Gasteiger partial charge in [0.2, 0.25) is 0 Å². The summed E-state index contributed by atoms with van der Waals surface area (Å²) in [6.07, 6.45) is 0.292. The lowest BCUT2D eigenvalue weighted by atomic mass is 10.1. The number of benzene rings is 2. The first-order valence-corrected chi connectivity index (χ1v) is 9.40. The quantitative estimate of drug-likeness (QED) is 0.545. The van der Waals surface area contributed by atoms with Gasteiger partial charge >= 0.3 is 7.82 Å². The highest BCUT2D eigenvalue weighted by atomic mass is 79.9. The Labute approximate surface area is 138 Å². The van der Waals surface area contributed by atoms with Crippen LogP contribution in [0.1, 0.15) is 18.1 Å². The summed E-state index contributed by atoms with van der Waals surface area (Å²) in [5.74, 6) is 0.464. The van der Waals surface area contributed by atoms with Crippen LogP contribution in [0.15, 0.2) is 60.7 Å². The van der Waals surface area contributed by atoms with Crippen LogP contribution >= 0.6 is 23.8 Å². The zero-order chi connectivity index (χ0) is 15.4. The van der Waals surface area contributed by atoms with Gasteiger partial charge in [0, 0.05) is 4.83 Å². The van der Waals surface area contributed by atoms with Crippen LogP contribution in [0, 0.1) is 0 Å². The standard InChI is InChI=1S/C16H16BrO4P/c17-15-11-12-19-22(18,20-14-9-5-2-6-10-14)21-16(15)13-7-3-1-4-8-13/h1-10,15-16H,11-12H2/t15-,16+,22-/m1/s1/i18+1. The Balaban J connectivity index is 1.85. The van der Waals surface area contributed by atoms with Crippen LogP contribution in [0.4, 0.5) is 0 Å². The SMILES string of the molecule is [17O]=[P@]1(Oc2ccccc2)OCC[C@@H](Br)[C@H](c2ccccc2)O1. The van der Waals surface area contributed by atoms with Crippen LogP contribution in [0.2, 0.25) is 0 Å². The molecule has 0 saturated carbocycles. The second-order valence-corrected chi connectivity index (χ2v) is 7.65. The van der Waals surface area contributed by atoms with Crippen molar-refractivity contribution in [1.82, 2.24) is 0 Å². The zero-order valence-electron chi connectivity index (χ0n) is 11.8. The van der Waals surface area contributed by atoms with E-state index in [1.165, 1.54) is 0 Å². The van der Waals surface area contributed by atoms with Crippen molar-refractivity contribution in [1.29, 1.82) is 0 Å². The molecule has 1 aliphatic rings. The summed E-state index contributed by atoms with van der Waals surface area (Å²) >= 11 is 3.60. The minimum atomic E-state index is -3.67. The Morgan fingerprint density at radius 3 is 2.36 bits per heavy atom. The second kappa shape index (κ2) is 6.97. The lowest BCUT2D eigenvalue weighted by Gasteiger charge is -2.23. The van der Waals surface area contributed by atoms with Gasteiger partial charge < -0.3 is 4.52 Å². The summed E-state index contributed by atoms with van der Waals surface area (Å²) in [6, 6.07) is 18.6. The van der Waals surface area contributed by atoms with E-state index in [9.17, 15) is 4.57 Å². The molecular formula is C16H16BrO4P. The molecule has 1 fully saturated rings. The molecule has 4 nitrogen and oxygen atoms in total. The number of phosphoric acid groups is 1. The molecule has 0 unspecified atom stereocenters. The average molecular weight is 384 g/mol. The highest BCUT2D eigenvalue weighted by Gasteiger charge is 2.39. The van der Waals surface area contributed by atoms with Crippen molar-refractivity contribution in [2.45, 2.75) is 17.4 Å². The maximum atomic E-state index is 12.9.